The zero-order chi connectivity index (χ0) is 12.1. The first-order valence-corrected chi connectivity index (χ1v) is 5.36. The SMILES string of the molecule is Cl.N#Cc1ccc(CN(N)c2ccccc2)cc1. The molecule has 0 saturated carbocycles. The van der Waals surface area contributed by atoms with Gasteiger partial charge in [0.25, 0.3) is 0 Å². The van der Waals surface area contributed by atoms with Gasteiger partial charge in [0.1, 0.15) is 0 Å². The summed E-state index contributed by atoms with van der Waals surface area (Å²) in [6, 6.07) is 19.3. The minimum Gasteiger partial charge on any atom is -0.307 e. The molecule has 0 amide bonds. The van der Waals surface area contributed by atoms with Crippen molar-refractivity contribution in [2.75, 3.05) is 5.01 Å². The molecule has 18 heavy (non-hydrogen) atoms. The number of para-hydroxylation sites is 1. The maximum atomic E-state index is 8.70. The van der Waals surface area contributed by atoms with Crippen LogP contribution in [0.5, 0.6) is 0 Å². The van der Waals surface area contributed by atoms with Crippen LogP contribution in [-0.4, -0.2) is 0 Å². The molecule has 3 nitrogen and oxygen atoms in total. The first-order valence-electron chi connectivity index (χ1n) is 5.36. The van der Waals surface area contributed by atoms with Gasteiger partial charge in [-0.1, -0.05) is 30.3 Å². The van der Waals surface area contributed by atoms with Crippen LogP contribution in [0.1, 0.15) is 11.1 Å². The van der Waals surface area contributed by atoms with Gasteiger partial charge in [-0.05, 0) is 29.8 Å². The standard InChI is InChI=1S/C14H13N3.ClH/c15-10-12-6-8-13(9-7-12)11-17(16)14-4-2-1-3-5-14;/h1-9H,11,16H2;1H. The van der Waals surface area contributed by atoms with Gasteiger partial charge in [-0.3, -0.25) is 0 Å². The highest BCUT2D eigenvalue weighted by Gasteiger charge is 2.01. The van der Waals surface area contributed by atoms with Crippen LogP contribution < -0.4 is 10.9 Å². The fraction of sp³-hybridized carbons (Fsp3) is 0.0714. The van der Waals surface area contributed by atoms with E-state index in [4.69, 9.17) is 11.1 Å². The minimum atomic E-state index is 0. The lowest BCUT2D eigenvalue weighted by atomic mass is 10.1. The van der Waals surface area contributed by atoms with E-state index in [-0.39, 0.29) is 12.4 Å². The van der Waals surface area contributed by atoms with E-state index in [0.717, 1.165) is 11.3 Å². The van der Waals surface area contributed by atoms with Gasteiger partial charge in [0.05, 0.1) is 23.9 Å². The highest BCUT2D eigenvalue weighted by molar-refractivity contribution is 5.85. The van der Waals surface area contributed by atoms with Crippen LogP contribution in [0.15, 0.2) is 54.6 Å². The van der Waals surface area contributed by atoms with Crippen molar-refractivity contribution in [2.45, 2.75) is 6.54 Å². The Kier molecular flexibility index (Phi) is 5.19. The van der Waals surface area contributed by atoms with Crippen molar-refractivity contribution in [1.29, 1.82) is 5.26 Å². The van der Waals surface area contributed by atoms with E-state index in [2.05, 4.69) is 6.07 Å². The number of nitrogens with zero attached hydrogens (tertiary/aromatic N) is 2. The normalized spacial score (nSPS) is 9.11. The van der Waals surface area contributed by atoms with Gasteiger partial charge >= 0.3 is 0 Å². The van der Waals surface area contributed by atoms with Crippen LogP contribution in [0.4, 0.5) is 5.69 Å². The van der Waals surface area contributed by atoms with E-state index in [0.29, 0.717) is 12.1 Å². The molecule has 0 saturated heterocycles. The molecule has 0 radical (unpaired) electrons. The first-order chi connectivity index (χ1) is 8.29. The fourth-order valence-corrected chi connectivity index (χ4v) is 1.59. The Morgan fingerprint density at radius 1 is 1.00 bits per heavy atom. The van der Waals surface area contributed by atoms with Gasteiger partial charge in [-0.2, -0.15) is 5.26 Å². The number of hydrazine groups is 1. The number of hydrogen-bond acceptors (Lipinski definition) is 3. The first kappa shape index (κ1) is 14.0. The second-order valence-corrected chi connectivity index (χ2v) is 3.77. The Morgan fingerprint density at radius 2 is 1.61 bits per heavy atom. The number of rotatable bonds is 3. The lowest BCUT2D eigenvalue weighted by Crippen LogP contribution is -2.29. The second-order valence-electron chi connectivity index (χ2n) is 3.77. The second kappa shape index (κ2) is 6.65. The van der Waals surface area contributed by atoms with Crippen molar-refractivity contribution in [3.05, 3.63) is 65.7 Å². The molecule has 2 rings (SSSR count). The molecule has 0 aliphatic heterocycles. The van der Waals surface area contributed by atoms with E-state index in [1.54, 1.807) is 17.1 Å². The number of nitriles is 1. The molecule has 4 heteroatoms. The van der Waals surface area contributed by atoms with Crippen molar-refractivity contribution in [3.8, 4) is 6.07 Å². The zero-order valence-electron chi connectivity index (χ0n) is 9.78. The molecule has 0 atom stereocenters. The molecule has 0 bridgehead atoms. The van der Waals surface area contributed by atoms with Gasteiger partial charge in [-0.15, -0.1) is 12.4 Å². The predicted molar refractivity (Wildman–Crippen MR) is 75.2 cm³/mol. The molecule has 0 unspecified atom stereocenters. The summed E-state index contributed by atoms with van der Waals surface area (Å²) < 4.78 is 0. The number of benzene rings is 2. The minimum absolute atomic E-state index is 0. The van der Waals surface area contributed by atoms with E-state index in [1.165, 1.54) is 0 Å². The van der Waals surface area contributed by atoms with Crippen LogP contribution in [0.25, 0.3) is 0 Å². The molecule has 0 spiro atoms. The van der Waals surface area contributed by atoms with E-state index in [1.807, 2.05) is 42.5 Å². The lowest BCUT2D eigenvalue weighted by molar-refractivity contribution is 0.853. The average Bonchev–Trinajstić information content (AvgIpc) is 2.40. The van der Waals surface area contributed by atoms with Crippen LogP contribution >= 0.6 is 12.4 Å². The Hall–Kier alpha value is -2.02. The topological polar surface area (TPSA) is 53.0 Å². The molecule has 0 fully saturated rings. The predicted octanol–water partition coefficient (Wildman–Crippen LogP) is 2.86. The van der Waals surface area contributed by atoms with Crippen molar-refractivity contribution in [1.82, 2.24) is 0 Å². The Morgan fingerprint density at radius 3 is 2.17 bits per heavy atom. The van der Waals surface area contributed by atoms with Gasteiger partial charge in [-0.25, -0.2) is 5.84 Å². The Bertz CT molecular complexity index is 517. The summed E-state index contributed by atoms with van der Waals surface area (Å²) in [4.78, 5) is 0. The number of halogens is 1. The quantitative estimate of drug-likeness (QED) is 0.681. The summed E-state index contributed by atoms with van der Waals surface area (Å²) in [7, 11) is 0. The molecule has 2 N–H and O–H groups in total. The third kappa shape index (κ3) is 3.49. The summed E-state index contributed by atoms with van der Waals surface area (Å²) >= 11 is 0. The van der Waals surface area contributed by atoms with Crippen LogP contribution in [-0.2, 0) is 6.54 Å². The summed E-state index contributed by atoms with van der Waals surface area (Å²) in [6.45, 7) is 0.621. The highest BCUT2D eigenvalue weighted by Crippen LogP contribution is 2.13. The maximum Gasteiger partial charge on any atom is 0.0991 e. The zero-order valence-corrected chi connectivity index (χ0v) is 10.6. The van der Waals surface area contributed by atoms with Crippen molar-refractivity contribution < 1.29 is 0 Å². The summed E-state index contributed by atoms with van der Waals surface area (Å²) in [5.74, 6) is 5.97. The summed E-state index contributed by atoms with van der Waals surface area (Å²) in [5.41, 5.74) is 2.71. The largest absolute Gasteiger partial charge is 0.307 e. The molecule has 0 aliphatic carbocycles. The van der Waals surface area contributed by atoms with Gasteiger partial charge in [0.15, 0.2) is 0 Å². The maximum absolute atomic E-state index is 8.70. The van der Waals surface area contributed by atoms with Crippen LogP contribution in [0, 0.1) is 11.3 Å². The lowest BCUT2D eigenvalue weighted by Gasteiger charge is -2.18. The molecule has 0 aromatic heterocycles. The highest BCUT2D eigenvalue weighted by atomic mass is 35.5. The van der Waals surface area contributed by atoms with Crippen LogP contribution in [0.3, 0.4) is 0 Å². The molecule has 0 heterocycles. The molecule has 0 aliphatic rings. The molecular formula is C14H14ClN3. The van der Waals surface area contributed by atoms with Gasteiger partial charge in [0.2, 0.25) is 0 Å². The molecule has 92 valence electrons. The number of nitrogens with two attached hydrogens (primary N) is 1. The smallest absolute Gasteiger partial charge is 0.0991 e. The van der Waals surface area contributed by atoms with Gasteiger partial charge < -0.3 is 5.01 Å². The van der Waals surface area contributed by atoms with E-state index in [9.17, 15) is 0 Å². The third-order valence-electron chi connectivity index (χ3n) is 2.52. The van der Waals surface area contributed by atoms with Crippen molar-refractivity contribution in [2.24, 2.45) is 5.84 Å². The molecule has 2 aromatic carbocycles. The fourth-order valence-electron chi connectivity index (χ4n) is 1.59. The monoisotopic (exact) mass is 259 g/mol. The van der Waals surface area contributed by atoms with Crippen molar-refractivity contribution >= 4 is 18.1 Å². The number of hydrogen-bond donors (Lipinski definition) is 1. The van der Waals surface area contributed by atoms with E-state index < -0.39 is 0 Å². The molecular weight excluding hydrogens is 246 g/mol. The Balaban J connectivity index is 0.00000162. The summed E-state index contributed by atoms with van der Waals surface area (Å²) in [6.07, 6.45) is 0. The number of anilines is 1. The summed E-state index contributed by atoms with van der Waals surface area (Å²) in [5, 5.41) is 10.4. The molecule has 2 aromatic rings. The van der Waals surface area contributed by atoms with Crippen molar-refractivity contribution in [3.63, 3.8) is 0 Å². The van der Waals surface area contributed by atoms with E-state index >= 15 is 0 Å². The van der Waals surface area contributed by atoms with Crippen LogP contribution in [0.2, 0.25) is 0 Å². The van der Waals surface area contributed by atoms with Gasteiger partial charge in [0, 0.05) is 0 Å². The third-order valence-corrected chi connectivity index (χ3v) is 2.52. The Labute approximate surface area is 113 Å². The average molecular weight is 260 g/mol.